The molecule has 152 valence electrons. The number of methoxy groups -OCH3 is 1. The van der Waals surface area contributed by atoms with Crippen LogP contribution in [0, 0.1) is 5.92 Å². The van der Waals surface area contributed by atoms with E-state index in [0.717, 1.165) is 11.1 Å². The van der Waals surface area contributed by atoms with E-state index >= 15 is 0 Å². The van der Waals surface area contributed by atoms with Crippen molar-refractivity contribution in [2.45, 2.75) is 18.7 Å². The van der Waals surface area contributed by atoms with Crippen LogP contribution < -0.4 is 19.6 Å². The Bertz CT molecular complexity index is 1360. The number of ether oxygens (including phenoxy) is 2. The van der Waals surface area contributed by atoms with Gasteiger partial charge < -0.3 is 9.47 Å². The van der Waals surface area contributed by atoms with E-state index in [-0.39, 0.29) is 5.56 Å². The number of nitrogens with zero attached hydrogens (tertiary/aromatic N) is 2. The summed E-state index contributed by atoms with van der Waals surface area (Å²) in [6.07, 6.45) is 1.78. The summed E-state index contributed by atoms with van der Waals surface area (Å²) in [7, 11) is 1.33. The molecule has 6 nitrogen and oxygen atoms in total. The number of fused-ring (bicyclic) bond motifs is 6. The largest absolute Gasteiger partial charge is 0.469 e. The van der Waals surface area contributed by atoms with E-state index in [1.807, 2.05) is 36.4 Å². The maximum atomic E-state index is 13.4. The van der Waals surface area contributed by atoms with E-state index in [1.54, 1.807) is 29.7 Å². The third-order valence-corrected chi connectivity index (χ3v) is 6.70. The molecule has 0 saturated heterocycles. The molecule has 3 atom stereocenters. The topological polar surface area (TPSA) is 69.9 Å². The Kier molecular flexibility index (Phi) is 4.34. The van der Waals surface area contributed by atoms with Gasteiger partial charge in [-0.15, -0.1) is 0 Å². The van der Waals surface area contributed by atoms with Gasteiger partial charge in [-0.2, -0.15) is 0 Å². The third kappa shape index (κ3) is 2.80. The van der Waals surface area contributed by atoms with E-state index in [0.29, 0.717) is 20.1 Å². The molecule has 2 aromatic carbocycles. The highest BCUT2D eigenvalue weighted by Crippen LogP contribution is 2.47. The quantitative estimate of drug-likeness (QED) is 0.574. The average molecular weight is 441 g/mol. The van der Waals surface area contributed by atoms with Gasteiger partial charge in [0, 0.05) is 10.6 Å². The minimum absolute atomic E-state index is 0.212. The third-order valence-electron chi connectivity index (χ3n) is 5.48. The van der Waals surface area contributed by atoms with E-state index in [9.17, 15) is 9.59 Å². The summed E-state index contributed by atoms with van der Waals surface area (Å²) in [5.41, 5.74) is 0.192. The summed E-state index contributed by atoms with van der Waals surface area (Å²) in [5, 5.41) is 0.589. The Morgan fingerprint density at radius 3 is 2.87 bits per heavy atom. The van der Waals surface area contributed by atoms with Crippen LogP contribution in [0.5, 0.6) is 5.75 Å². The summed E-state index contributed by atoms with van der Waals surface area (Å²) < 4.78 is 13.3. The molecule has 0 saturated carbocycles. The lowest BCUT2D eigenvalue weighted by Gasteiger charge is -2.44. The summed E-state index contributed by atoms with van der Waals surface area (Å²) in [6.45, 7) is 1.76. The fourth-order valence-electron chi connectivity index (χ4n) is 4.18. The first-order valence-electron chi connectivity index (χ1n) is 9.35. The maximum Gasteiger partial charge on any atom is 0.317 e. The zero-order valence-electron chi connectivity index (χ0n) is 16.2. The molecular weight excluding hydrogens is 424 g/mol. The second kappa shape index (κ2) is 6.82. The van der Waals surface area contributed by atoms with Crippen LogP contribution in [0.15, 0.2) is 58.3 Å². The molecular formula is C22H17ClN2O4S. The maximum absolute atomic E-state index is 13.4. The zero-order chi connectivity index (χ0) is 21.0. The van der Waals surface area contributed by atoms with Gasteiger partial charge in [-0.05, 0) is 36.8 Å². The molecule has 2 bridgehead atoms. The van der Waals surface area contributed by atoms with E-state index < -0.39 is 23.7 Å². The number of carbonyl (C=O) groups is 1. The monoisotopic (exact) mass is 440 g/mol. The fourth-order valence-corrected chi connectivity index (χ4v) is 5.48. The zero-order valence-corrected chi connectivity index (χ0v) is 17.7. The summed E-state index contributed by atoms with van der Waals surface area (Å²) >= 11 is 7.35. The molecule has 8 heteroatoms. The molecule has 30 heavy (non-hydrogen) atoms. The summed E-state index contributed by atoms with van der Waals surface area (Å²) in [6, 6.07) is 14.1. The van der Waals surface area contributed by atoms with Crippen LogP contribution in [-0.2, 0) is 9.53 Å². The summed E-state index contributed by atoms with van der Waals surface area (Å²) in [5.74, 6) is -0.640. The first-order valence-corrected chi connectivity index (χ1v) is 10.5. The molecule has 3 unspecified atom stereocenters. The molecule has 0 spiro atoms. The molecule has 3 heterocycles. The van der Waals surface area contributed by atoms with Gasteiger partial charge in [0.25, 0.3) is 5.56 Å². The van der Waals surface area contributed by atoms with Gasteiger partial charge >= 0.3 is 5.97 Å². The molecule has 1 aromatic heterocycles. The highest BCUT2D eigenvalue weighted by Gasteiger charge is 2.55. The van der Waals surface area contributed by atoms with Gasteiger partial charge in [-0.1, -0.05) is 53.3 Å². The molecule has 0 fully saturated rings. The van der Waals surface area contributed by atoms with Crippen molar-refractivity contribution in [3.8, 4) is 5.75 Å². The van der Waals surface area contributed by atoms with Crippen LogP contribution in [0.2, 0.25) is 5.02 Å². The van der Waals surface area contributed by atoms with Gasteiger partial charge in [-0.3, -0.25) is 14.2 Å². The Labute approximate surface area is 180 Å². The number of para-hydroxylation sites is 1. The van der Waals surface area contributed by atoms with Crippen LogP contribution in [0.1, 0.15) is 24.1 Å². The molecule has 0 radical (unpaired) electrons. The van der Waals surface area contributed by atoms with Crippen LogP contribution in [0.4, 0.5) is 0 Å². The Morgan fingerprint density at radius 2 is 2.10 bits per heavy atom. The lowest BCUT2D eigenvalue weighted by Crippen LogP contribution is -2.58. The Hall–Kier alpha value is -2.90. The van der Waals surface area contributed by atoms with Crippen LogP contribution in [0.3, 0.4) is 0 Å². The van der Waals surface area contributed by atoms with Crippen molar-refractivity contribution in [2.75, 3.05) is 7.11 Å². The molecule has 2 aliphatic rings. The first kappa shape index (κ1) is 19.1. The number of esters is 1. The second-order valence-corrected chi connectivity index (χ2v) is 8.82. The number of benzene rings is 2. The lowest BCUT2D eigenvalue weighted by atomic mass is 9.81. The standard InChI is InChI=1S/C22H17ClN2O4S/c1-22-17(20(27)28-2)18(14-8-3-4-9-15(14)29-22)25-19(26)16(30-21(25)24-22)11-12-6-5-7-13(23)10-12/h3-11,17-18H,1-2H3/b16-11-. The van der Waals surface area contributed by atoms with E-state index in [4.69, 9.17) is 26.1 Å². The van der Waals surface area contributed by atoms with E-state index in [2.05, 4.69) is 0 Å². The smallest absolute Gasteiger partial charge is 0.317 e. The number of aromatic nitrogens is 1. The first-order chi connectivity index (χ1) is 14.4. The predicted molar refractivity (Wildman–Crippen MR) is 113 cm³/mol. The second-order valence-electron chi connectivity index (χ2n) is 7.38. The van der Waals surface area contributed by atoms with Gasteiger partial charge in [0.2, 0.25) is 5.72 Å². The van der Waals surface area contributed by atoms with Crippen LogP contribution >= 0.6 is 22.9 Å². The molecule has 0 aliphatic carbocycles. The van der Waals surface area contributed by atoms with Crippen molar-refractivity contribution in [1.29, 1.82) is 0 Å². The molecule has 3 aromatic rings. The van der Waals surface area contributed by atoms with Gasteiger partial charge in [0.15, 0.2) is 4.80 Å². The SMILES string of the molecule is COC(=O)C1C2c3ccccc3OC1(C)N=c1s/c(=C\c3cccc(Cl)c3)c(=O)n12. The average Bonchev–Trinajstić information content (AvgIpc) is 3.00. The lowest BCUT2D eigenvalue weighted by molar-refractivity contribution is -0.158. The molecule has 2 aliphatic heterocycles. The minimum atomic E-state index is -1.17. The highest BCUT2D eigenvalue weighted by atomic mass is 35.5. The van der Waals surface area contributed by atoms with Crippen molar-refractivity contribution in [3.05, 3.63) is 84.4 Å². The van der Waals surface area contributed by atoms with Gasteiger partial charge in [-0.25, -0.2) is 4.99 Å². The van der Waals surface area contributed by atoms with Gasteiger partial charge in [0.05, 0.1) is 17.7 Å². The van der Waals surface area contributed by atoms with Crippen molar-refractivity contribution in [2.24, 2.45) is 10.9 Å². The van der Waals surface area contributed by atoms with Crippen LogP contribution in [-0.4, -0.2) is 23.4 Å². The number of halogens is 1. The number of rotatable bonds is 2. The number of hydrogen-bond donors (Lipinski definition) is 0. The summed E-state index contributed by atoms with van der Waals surface area (Å²) in [4.78, 5) is 31.4. The van der Waals surface area contributed by atoms with Crippen molar-refractivity contribution in [1.82, 2.24) is 4.57 Å². The number of thiazole rings is 1. The molecule has 5 rings (SSSR count). The van der Waals surface area contributed by atoms with Gasteiger partial charge in [0.1, 0.15) is 11.7 Å². The fraction of sp³-hybridized carbons (Fsp3) is 0.227. The Balaban J connectivity index is 1.80. The van der Waals surface area contributed by atoms with Crippen molar-refractivity contribution >= 4 is 35.0 Å². The van der Waals surface area contributed by atoms with E-state index in [1.165, 1.54) is 18.4 Å². The number of carbonyl (C=O) groups excluding carboxylic acids is 1. The molecule has 0 amide bonds. The predicted octanol–water partition coefficient (Wildman–Crippen LogP) is 2.51. The normalized spacial score (nSPS) is 24.3. The van der Waals surface area contributed by atoms with Crippen molar-refractivity contribution in [3.63, 3.8) is 0 Å². The minimum Gasteiger partial charge on any atom is -0.469 e. The Morgan fingerprint density at radius 1 is 1.30 bits per heavy atom. The van der Waals surface area contributed by atoms with Crippen LogP contribution in [0.25, 0.3) is 6.08 Å². The van der Waals surface area contributed by atoms with Crippen molar-refractivity contribution < 1.29 is 14.3 Å². The number of hydrogen-bond acceptors (Lipinski definition) is 6. The highest BCUT2D eigenvalue weighted by molar-refractivity contribution is 7.07. The molecule has 0 N–H and O–H groups in total.